The van der Waals surface area contributed by atoms with Gasteiger partial charge in [-0.15, -0.1) is 0 Å². The van der Waals surface area contributed by atoms with E-state index in [2.05, 4.69) is 102 Å². The largest absolute Gasteiger partial charge is 0.289 e. The molecule has 160 valence electrons. The molecule has 0 aliphatic carbocycles. The first-order valence-corrected chi connectivity index (χ1v) is 11.3. The van der Waals surface area contributed by atoms with E-state index in [0.717, 1.165) is 48.0 Å². The molecular weight excluding hydrogens is 364 g/mol. The van der Waals surface area contributed by atoms with Crippen LogP contribution < -0.4 is 0 Å². The van der Waals surface area contributed by atoms with Crippen LogP contribution in [0.3, 0.4) is 0 Å². The van der Waals surface area contributed by atoms with E-state index < -0.39 is 0 Å². The van der Waals surface area contributed by atoms with Gasteiger partial charge in [0.15, 0.2) is 5.78 Å². The Labute approximate surface area is 183 Å². The van der Waals surface area contributed by atoms with Crippen molar-refractivity contribution in [2.75, 3.05) is 0 Å². The Hall–Kier alpha value is -2.41. The molecule has 0 spiro atoms. The summed E-state index contributed by atoms with van der Waals surface area (Å²) >= 11 is 0. The van der Waals surface area contributed by atoms with Crippen LogP contribution in [0.25, 0.3) is 12.2 Å². The Balaban J connectivity index is 2.44. The number of rotatable bonds is 10. The van der Waals surface area contributed by atoms with E-state index >= 15 is 0 Å². The summed E-state index contributed by atoms with van der Waals surface area (Å²) in [6.45, 7) is 13.1. The predicted molar refractivity (Wildman–Crippen MR) is 131 cm³/mol. The summed E-state index contributed by atoms with van der Waals surface area (Å²) in [6, 6.07) is 16.8. The maximum Gasteiger partial charge on any atom is 0.185 e. The fourth-order valence-corrected chi connectivity index (χ4v) is 3.52. The van der Waals surface area contributed by atoms with Gasteiger partial charge >= 0.3 is 0 Å². The second kappa shape index (κ2) is 11.7. The van der Waals surface area contributed by atoms with Gasteiger partial charge in [-0.05, 0) is 74.6 Å². The summed E-state index contributed by atoms with van der Waals surface area (Å²) in [5.41, 5.74) is 6.51. The maximum absolute atomic E-state index is 13.7. The minimum absolute atomic E-state index is 0.208. The topological polar surface area (TPSA) is 17.1 Å². The van der Waals surface area contributed by atoms with Crippen LogP contribution in [0.2, 0.25) is 0 Å². The molecule has 2 aromatic rings. The smallest absolute Gasteiger partial charge is 0.185 e. The van der Waals surface area contributed by atoms with Gasteiger partial charge in [0.25, 0.3) is 0 Å². The number of ketones is 1. The minimum atomic E-state index is 0.208. The van der Waals surface area contributed by atoms with Crippen molar-refractivity contribution in [2.24, 2.45) is 11.8 Å². The molecule has 0 fully saturated rings. The first kappa shape index (κ1) is 23.9. The first-order chi connectivity index (χ1) is 14.2. The average molecular weight is 403 g/mol. The lowest BCUT2D eigenvalue weighted by Crippen LogP contribution is -2.09. The molecule has 1 heteroatoms. The third kappa shape index (κ3) is 8.14. The van der Waals surface area contributed by atoms with Crippen molar-refractivity contribution in [3.63, 3.8) is 0 Å². The number of benzene rings is 2. The number of aryl methyl sites for hydroxylation is 2. The van der Waals surface area contributed by atoms with E-state index in [1.807, 2.05) is 0 Å². The molecule has 0 N–H and O–H groups in total. The number of hydrogen-bond donors (Lipinski definition) is 0. The molecule has 0 amide bonds. The SMILES string of the molecule is Cc1cccc(/C=C(\CCC(C)C)C(=O)/C(=C/c2cccc(C)c2)CCC(C)C)c1. The van der Waals surface area contributed by atoms with Gasteiger partial charge in [-0.3, -0.25) is 4.79 Å². The van der Waals surface area contributed by atoms with Gasteiger partial charge in [-0.1, -0.05) is 87.4 Å². The monoisotopic (exact) mass is 402 g/mol. The van der Waals surface area contributed by atoms with E-state index in [-0.39, 0.29) is 5.78 Å². The van der Waals surface area contributed by atoms with Crippen LogP contribution >= 0.6 is 0 Å². The number of carbonyl (C=O) groups is 1. The highest BCUT2D eigenvalue weighted by Crippen LogP contribution is 2.25. The average Bonchev–Trinajstić information content (AvgIpc) is 2.67. The van der Waals surface area contributed by atoms with Gasteiger partial charge in [0, 0.05) is 11.1 Å². The normalized spacial score (nSPS) is 12.7. The first-order valence-electron chi connectivity index (χ1n) is 11.3. The van der Waals surface area contributed by atoms with E-state index in [1.165, 1.54) is 11.1 Å². The number of allylic oxidation sites excluding steroid dienone is 2. The lowest BCUT2D eigenvalue weighted by Gasteiger charge is -2.14. The second-order valence-electron chi connectivity index (χ2n) is 9.36. The lowest BCUT2D eigenvalue weighted by molar-refractivity contribution is -0.112. The maximum atomic E-state index is 13.7. The Morgan fingerprint density at radius 1 is 0.733 bits per heavy atom. The van der Waals surface area contributed by atoms with E-state index in [4.69, 9.17) is 0 Å². The van der Waals surface area contributed by atoms with Crippen LogP contribution in [0.15, 0.2) is 59.7 Å². The molecule has 30 heavy (non-hydrogen) atoms. The quantitative estimate of drug-likeness (QED) is 0.366. The zero-order valence-corrected chi connectivity index (χ0v) is 19.7. The Morgan fingerprint density at radius 2 is 1.13 bits per heavy atom. The molecule has 0 aliphatic rings. The van der Waals surface area contributed by atoms with Gasteiger partial charge < -0.3 is 0 Å². The molecule has 0 heterocycles. The van der Waals surface area contributed by atoms with E-state index in [9.17, 15) is 4.79 Å². The molecule has 1 nitrogen and oxygen atoms in total. The van der Waals surface area contributed by atoms with Crippen LogP contribution in [0, 0.1) is 25.7 Å². The summed E-state index contributed by atoms with van der Waals surface area (Å²) in [6.07, 6.45) is 7.89. The van der Waals surface area contributed by atoms with Gasteiger partial charge in [-0.2, -0.15) is 0 Å². The molecule has 0 aromatic heterocycles. The van der Waals surface area contributed by atoms with Gasteiger partial charge in [0.1, 0.15) is 0 Å². The van der Waals surface area contributed by atoms with Crippen molar-refractivity contribution in [3.8, 4) is 0 Å². The van der Waals surface area contributed by atoms with Crippen LogP contribution in [0.1, 0.15) is 75.6 Å². The second-order valence-corrected chi connectivity index (χ2v) is 9.36. The lowest BCUT2D eigenvalue weighted by atomic mass is 9.90. The number of hydrogen-bond acceptors (Lipinski definition) is 1. The fourth-order valence-electron chi connectivity index (χ4n) is 3.52. The highest BCUT2D eigenvalue weighted by molar-refractivity contribution is 6.13. The van der Waals surface area contributed by atoms with E-state index in [1.54, 1.807) is 0 Å². The molecular formula is C29H38O. The Kier molecular flexibility index (Phi) is 9.30. The van der Waals surface area contributed by atoms with Gasteiger partial charge in [0.05, 0.1) is 0 Å². The summed E-state index contributed by atoms with van der Waals surface area (Å²) in [5, 5.41) is 0. The Morgan fingerprint density at radius 3 is 1.47 bits per heavy atom. The van der Waals surface area contributed by atoms with E-state index in [0.29, 0.717) is 11.8 Å². The summed E-state index contributed by atoms with van der Waals surface area (Å²) < 4.78 is 0. The molecule has 0 radical (unpaired) electrons. The van der Waals surface area contributed by atoms with Crippen molar-refractivity contribution in [3.05, 3.63) is 81.9 Å². The van der Waals surface area contributed by atoms with Crippen molar-refractivity contribution >= 4 is 17.9 Å². The molecule has 2 rings (SSSR count). The third-order valence-corrected chi connectivity index (χ3v) is 5.33. The van der Waals surface area contributed by atoms with Crippen molar-refractivity contribution in [1.29, 1.82) is 0 Å². The van der Waals surface area contributed by atoms with Gasteiger partial charge in [0.2, 0.25) is 0 Å². The van der Waals surface area contributed by atoms with Crippen molar-refractivity contribution in [2.45, 2.75) is 67.2 Å². The molecule has 2 aromatic carbocycles. The molecule has 0 saturated heterocycles. The van der Waals surface area contributed by atoms with Crippen LogP contribution in [0.4, 0.5) is 0 Å². The summed E-state index contributed by atoms with van der Waals surface area (Å²) in [4.78, 5) is 13.7. The van der Waals surface area contributed by atoms with Crippen LogP contribution in [0.5, 0.6) is 0 Å². The van der Waals surface area contributed by atoms with Crippen LogP contribution in [-0.2, 0) is 4.79 Å². The molecule has 0 saturated carbocycles. The minimum Gasteiger partial charge on any atom is -0.289 e. The Bertz CT molecular complexity index is 823. The molecule has 0 atom stereocenters. The predicted octanol–water partition coefficient (Wildman–Crippen LogP) is 8.21. The molecule has 0 bridgehead atoms. The standard InChI is InChI=1S/C29H38O/c1-21(2)13-15-27(19-25-11-7-9-23(5)17-25)29(30)28(16-14-22(3)4)20-26-12-8-10-24(6)18-26/h7-12,17-22H,13-16H2,1-6H3/b27-19+,28-20+. The highest BCUT2D eigenvalue weighted by Gasteiger charge is 2.17. The summed E-state index contributed by atoms with van der Waals surface area (Å²) in [7, 11) is 0. The fraction of sp³-hybridized carbons (Fsp3) is 0.414. The van der Waals surface area contributed by atoms with Gasteiger partial charge in [-0.25, -0.2) is 0 Å². The number of Topliss-reactive ketones (excluding diaryl/α,β-unsaturated/α-hetero) is 1. The van der Waals surface area contributed by atoms with Crippen molar-refractivity contribution in [1.82, 2.24) is 0 Å². The molecule has 0 aliphatic heterocycles. The zero-order valence-electron chi connectivity index (χ0n) is 19.7. The third-order valence-electron chi connectivity index (χ3n) is 5.33. The number of carbonyl (C=O) groups excluding carboxylic acids is 1. The zero-order chi connectivity index (χ0) is 22.1. The van der Waals surface area contributed by atoms with Crippen LogP contribution in [-0.4, -0.2) is 5.78 Å². The molecule has 0 unspecified atom stereocenters. The summed E-state index contributed by atoms with van der Waals surface area (Å²) in [5.74, 6) is 1.34. The van der Waals surface area contributed by atoms with Crippen molar-refractivity contribution < 1.29 is 4.79 Å². The highest BCUT2D eigenvalue weighted by atomic mass is 16.1.